The van der Waals surface area contributed by atoms with Crippen LogP contribution in [0.2, 0.25) is 0 Å². The van der Waals surface area contributed by atoms with E-state index < -0.39 is 5.41 Å². The lowest BCUT2D eigenvalue weighted by Gasteiger charge is -2.39. The second-order valence-electron chi connectivity index (χ2n) is 6.55. The molecule has 24 heavy (non-hydrogen) atoms. The van der Waals surface area contributed by atoms with E-state index in [0.29, 0.717) is 37.5 Å². The average Bonchev–Trinajstić information content (AvgIpc) is 3.23. The van der Waals surface area contributed by atoms with Gasteiger partial charge in [0.15, 0.2) is 0 Å². The molecule has 0 bridgehead atoms. The molecule has 2 aliphatic rings. The maximum absolute atomic E-state index is 12.9. The van der Waals surface area contributed by atoms with Crippen LogP contribution in [0.4, 0.5) is 0 Å². The number of amides is 2. The molecule has 0 saturated carbocycles. The van der Waals surface area contributed by atoms with Crippen molar-refractivity contribution >= 4 is 23.3 Å². The van der Waals surface area contributed by atoms with E-state index in [1.54, 1.807) is 7.11 Å². The molecule has 2 saturated heterocycles. The summed E-state index contributed by atoms with van der Waals surface area (Å²) in [4.78, 5) is 30.1. The van der Waals surface area contributed by atoms with Crippen LogP contribution in [0.1, 0.15) is 41.6 Å². The summed E-state index contributed by atoms with van der Waals surface area (Å²) >= 11 is 1.15. The van der Waals surface area contributed by atoms with Crippen LogP contribution in [-0.4, -0.2) is 71.1 Å². The van der Waals surface area contributed by atoms with Gasteiger partial charge >= 0.3 is 0 Å². The fourth-order valence-corrected chi connectivity index (χ4v) is 4.46. The van der Waals surface area contributed by atoms with Gasteiger partial charge < -0.3 is 14.5 Å². The van der Waals surface area contributed by atoms with E-state index in [2.05, 4.69) is 9.59 Å². The Morgan fingerprint density at radius 3 is 2.96 bits per heavy atom. The molecule has 8 heteroatoms. The molecule has 1 unspecified atom stereocenters. The van der Waals surface area contributed by atoms with Gasteiger partial charge in [-0.05, 0) is 37.2 Å². The topological polar surface area (TPSA) is 75.6 Å². The molecule has 3 heterocycles. The molecule has 1 aromatic rings. The quantitative estimate of drug-likeness (QED) is 0.796. The van der Waals surface area contributed by atoms with Gasteiger partial charge in [-0.15, -0.1) is 5.10 Å². The monoisotopic (exact) mass is 352 g/mol. The molecule has 2 fully saturated rings. The van der Waals surface area contributed by atoms with Gasteiger partial charge in [-0.2, -0.15) is 0 Å². The van der Waals surface area contributed by atoms with Crippen LogP contribution >= 0.6 is 11.5 Å². The molecule has 0 aromatic carbocycles. The standard InChI is InChI=1S/C16H24N4O3S/c1-3-12-13(24-18-17-12)14(21)20-8-6-16(11-20)5-4-7-19(15(16)22)9-10-23-2/h3-11H2,1-2H3. The van der Waals surface area contributed by atoms with Gasteiger partial charge in [0.25, 0.3) is 5.91 Å². The summed E-state index contributed by atoms with van der Waals surface area (Å²) in [7, 11) is 1.65. The zero-order valence-corrected chi connectivity index (χ0v) is 15.1. The predicted octanol–water partition coefficient (Wildman–Crippen LogP) is 1.20. The minimum Gasteiger partial charge on any atom is -0.383 e. The molecule has 3 rings (SSSR count). The number of rotatable bonds is 5. The summed E-state index contributed by atoms with van der Waals surface area (Å²) in [5, 5.41) is 4.02. The fourth-order valence-electron chi connectivity index (χ4n) is 3.74. The van der Waals surface area contributed by atoms with E-state index in [4.69, 9.17) is 4.74 Å². The van der Waals surface area contributed by atoms with Crippen LogP contribution in [-0.2, 0) is 16.0 Å². The number of likely N-dealkylation sites (tertiary alicyclic amines) is 2. The minimum atomic E-state index is -0.411. The number of nitrogens with zero attached hydrogens (tertiary/aromatic N) is 4. The van der Waals surface area contributed by atoms with Crippen molar-refractivity contribution < 1.29 is 14.3 Å². The lowest BCUT2D eigenvalue weighted by Crippen LogP contribution is -2.51. The summed E-state index contributed by atoms with van der Waals surface area (Å²) in [6, 6.07) is 0. The van der Waals surface area contributed by atoms with E-state index >= 15 is 0 Å². The molecular weight excluding hydrogens is 328 g/mol. The first-order valence-electron chi connectivity index (χ1n) is 8.50. The van der Waals surface area contributed by atoms with E-state index in [9.17, 15) is 9.59 Å². The Hall–Kier alpha value is -1.54. The minimum absolute atomic E-state index is 0.0273. The molecule has 0 aliphatic carbocycles. The van der Waals surface area contributed by atoms with Crippen molar-refractivity contribution in [3.8, 4) is 0 Å². The summed E-state index contributed by atoms with van der Waals surface area (Å²) in [5.41, 5.74) is 0.342. The molecule has 1 aromatic heterocycles. The van der Waals surface area contributed by atoms with Gasteiger partial charge in [0, 0.05) is 33.3 Å². The maximum Gasteiger partial charge on any atom is 0.267 e. The molecule has 7 nitrogen and oxygen atoms in total. The number of piperidine rings is 1. The SMILES string of the molecule is CCc1nnsc1C(=O)N1CCC2(CCCN(CCOC)C2=O)C1. The van der Waals surface area contributed by atoms with Crippen LogP contribution in [0.5, 0.6) is 0 Å². The van der Waals surface area contributed by atoms with E-state index in [1.807, 2.05) is 16.7 Å². The molecule has 2 aliphatic heterocycles. The Kier molecular flexibility index (Phi) is 5.15. The largest absolute Gasteiger partial charge is 0.383 e. The molecule has 132 valence electrons. The highest BCUT2D eigenvalue weighted by molar-refractivity contribution is 7.08. The Morgan fingerprint density at radius 1 is 1.38 bits per heavy atom. The number of carbonyl (C=O) groups excluding carboxylic acids is 2. The van der Waals surface area contributed by atoms with Crippen LogP contribution in [0.25, 0.3) is 0 Å². The second-order valence-corrected chi connectivity index (χ2v) is 7.30. The first kappa shape index (κ1) is 17.3. The maximum atomic E-state index is 12.9. The highest BCUT2D eigenvalue weighted by atomic mass is 32.1. The predicted molar refractivity (Wildman–Crippen MR) is 89.9 cm³/mol. The van der Waals surface area contributed by atoms with Crippen molar-refractivity contribution in [2.24, 2.45) is 5.41 Å². The number of aryl methyl sites for hydroxylation is 1. The van der Waals surface area contributed by atoms with Crippen molar-refractivity contribution in [3.63, 3.8) is 0 Å². The van der Waals surface area contributed by atoms with Gasteiger partial charge in [0.05, 0.1) is 17.7 Å². The van der Waals surface area contributed by atoms with Crippen molar-refractivity contribution in [1.29, 1.82) is 0 Å². The van der Waals surface area contributed by atoms with Crippen LogP contribution in [0, 0.1) is 5.41 Å². The van der Waals surface area contributed by atoms with Gasteiger partial charge in [-0.1, -0.05) is 11.4 Å². The number of hydrogen-bond acceptors (Lipinski definition) is 6. The van der Waals surface area contributed by atoms with E-state index in [0.717, 1.165) is 43.0 Å². The summed E-state index contributed by atoms with van der Waals surface area (Å²) in [6.45, 7) is 5.08. The highest BCUT2D eigenvalue weighted by Gasteiger charge is 2.49. The summed E-state index contributed by atoms with van der Waals surface area (Å²) in [6.07, 6.45) is 3.29. The zero-order valence-electron chi connectivity index (χ0n) is 14.3. The second kappa shape index (κ2) is 7.14. The zero-order chi connectivity index (χ0) is 17.2. The molecule has 1 spiro atoms. The van der Waals surface area contributed by atoms with E-state index in [1.165, 1.54) is 0 Å². The van der Waals surface area contributed by atoms with Crippen molar-refractivity contribution in [1.82, 2.24) is 19.4 Å². The third-order valence-corrected chi connectivity index (χ3v) is 5.87. The summed E-state index contributed by atoms with van der Waals surface area (Å²) < 4.78 is 9.01. The normalized spacial score (nSPS) is 24.2. The molecular formula is C16H24N4O3S. The first-order valence-corrected chi connectivity index (χ1v) is 9.27. The Labute approximate surface area is 146 Å². The van der Waals surface area contributed by atoms with Crippen molar-refractivity contribution in [2.75, 3.05) is 39.9 Å². The van der Waals surface area contributed by atoms with Crippen molar-refractivity contribution in [3.05, 3.63) is 10.6 Å². The summed E-state index contributed by atoms with van der Waals surface area (Å²) in [5.74, 6) is 0.153. The lowest BCUT2D eigenvalue weighted by molar-refractivity contribution is -0.146. The average molecular weight is 352 g/mol. The van der Waals surface area contributed by atoms with Crippen molar-refractivity contribution in [2.45, 2.75) is 32.6 Å². The molecule has 0 N–H and O–H groups in total. The fraction of sp³-hybridized carbons (Fsp3) is 0.750. The number of carbonyl (C=O) groups is 2. The number of aromatic nitrogens is 2. The Bertz CT molecular complexity index is 620. The number of ether oxygens (including phenoxy) is 1. The number of methoxy groups -OCH3 is 1. The highest BCUT2D eigenvalue weighted by Crippen LogP contribution is 2.40. The van der Waals surface area contributed by atoms with Crippen LogP contribution < -0.4 is 0 Å². The van der Waals surface area contributed by atoms with Crippen LogP contribution in [0.15, 0.2) is 0 Å². The van der Waals surface area contributed by atoms with Gasteiger partial charge in [0.2, 0.25) is 5.91 Å². The molecule has 1 atom stereocenters. The third kappa shape index (κ3) is 3.04. The van der Waals surface area contributed by atoms with Gasteiger partial charge in [0.1, 0.15) is 4.88 Å². The molecule has 2 amide bonds. The Balaban J connectivity index is 1.71. The third-order valence-electron chi connectivity index (χ3n) is 5.12. The van der Waals surface area contributed by atoms with Gasteiger partial charge in [-0.3, -0.25) is 9.59 Å². The number of hydrogen-bond donors (Lipinski definition) is 0. The van der Waals surface area contributed by atoms with E-state index in [-0.39, 0.29) is 11.8 Å². The van der Waals surface area contributed by atoms with Gasteiger partial charge in [-0.25, -0.2) is 0 Å². The Morgan fingerprint density at radius 2 is 2.21 bits per heavy atom. The first-order chi connectivity index (χ1) is 11.6. The lowest BCUT2D eigenvalue weighted by atomic mass is 9.78. The molecule has 0 radical (unpaired) electrons. The smallest absolute Gasteiger partial charge is 0.267 e. The van der Waals surface area contributed by atoms with Crippen LogP contribution in [0.3, 0.4) is 0 Å².